The topological polar surface area (TPSA) is 86.6 Å². The van der Waals surface area contributed by atoms with E-state index in [1.54, 1.807) is 0 Å². The van der Waals surface area contributed by atoms with E-state index in [2.05, 4.69) is 5.32 Å². The molecule has 0 aromatic carbocycles. The van der Waals surface area contributed by atoms with Gasteiger partial charge in [-0.3, -0.25) is 9.59 Å². The number of amides is 1. The highest BCUT2D eigenvalue weighted by molar-refractivity contribution is 5.96. The number of rotatable bonds is 8. The highest BCUT2D eigenvalue weighted by Gasteiger charge is 2.19. The fraction of sp³-hybridized carbons (Fsp3) is 0.800. The second-order valence-electron chi connectivity index (χ2n) is 3.49. The number of nitrogens with one attached hydrogen (secondary N) is 1. The Bertz CT molecular complexity index is 206. The first-order chi connectivity index (χ1) is 7.09. The molecule has 0 radical (unpaired) electrons. The third kappa shape index (κ3) is 6.90. The summed E-state index contributed by atoms with van der Waals surface area (Å²) in [4.78, 5) is 21.6. The Kier molecular flexibility index (Phi) is 7.62. The monoisotopic (exact) mass is 217 g/mol. The summed E-state index contributed by atoms with van der Waals surface area (Å²) in [5, 5.41) is 19.6. The van der Waals surface area contributed by atoms with Crippen molar-refractivity contribution in [3.8, 4) is 0 Å². The van der Waals surface area contributed by atoms with E-state index in [0.29, 0.717) is 6.54 Å². The van der Waals surface area contributed by atoms with Crippen LogP contribution in [0.25, 0.3) is 0 Å². The summed E-state index contributed by atoms with van der Waals surface area (Å²) in [6.07, 6.45) is 3.46. The van der Waals surface area contributed by atoms with Crippen LogP contribution >= 0.6 is 0 Å². The third-order valence-corrected chi connectivity index (χ3v) is 2.15. The summed E-state index contributed by atoms with van der Waals surface area (Å²) in [6, 6.07) is 0. The molecule has 0 aliphatic carbocycles. The van der Waals surface area contributed by atoms with E-state index in [9.17, 15) is 9.59 Å². The van der Waals surface area contributed by atoms with E-state index in [0.717, 1.165) is 25.7 Å². The Hall–Kier alpha value is -1.10. The SMILES string of the molecule is CC(C(=O)O)C(=O)NCCCCCCO. The van der Waals surface area contributed by atoms with Gasteiger partial charge in [0, 0.05) is 13.2 Å². The molecule has 88 valence electrons. The predicted molar refractivity (Wildman–Crippen MR) is 55.4 cm³/mol. The molecule has 0 rings (SSSR count). The van der Waals surface area contributed by atoms with Crippen LogP contribution in [0.2, 0.25) is 0 Å². The molecule has 0 aromatic heterocycles. The minimum atomic E-state index is -1.10. The summed E-state index contributed by atoms with van der Waals surface area (Å²) in [6.45, 7) is 2.06. The lowest BCUT2D eigenvalue weighted by Gasteiger charge is -2.07. The summed E-state index contributed by atoms with van der Waals surface area (Å²) in [7, 11) is 0. The molecule has 1 amide bonds. The number of hydrogen-bond donors (Lipinski definition) is 3. The third-order valence-electron chi connectivity index (χ3n) is 2.15. The first-order valence-corrected chi connectivity index (χ1v) is 5.21. The van der Waals surface area contributed by atoms with Crippen LogP contribution < -0.4 is 5.32 Å². The zero-order valence-electron chi connectivity index (χ0n) is 9.03. The van der Waals surface area contributed by atoms with Crippen molar-refractivity contribution in [2.75, 3.05) is 13.2 Å². The van der Waals surface area contributed by atoms with Crippen molar-refractivity contribution in [3.05, 3.63) is 0 Å². The molecule has 0 saturated carbocycles. The van der Waals surface area contributed by atoms with Gasteiger partial charge in [-0.2, -0.15) is 0 Å². The average molecular weight is 217 g/mol. The van der Waals surface area contributed by atoms with Crippen molar-refractivity contribution in [1.82, 2.24) is 5.32 Å². The number of carbonyl (C=O) groups is 2. The van der Waals surface area contributed by atoms with Crippen LogP contribution in [0.5, 0.6) is 0 Å². The van der Waals surface area contributed by atoms with Crippen LogP contribution in [-0.2, 0) is 9.59 Å². The number of carboxylic acid groups (broad SMARTS) is 1. The van der Waals surface area contributed by atoms with Gasteiger partial charge in [0.05, 0.1) is 0 Å². The normalized spacial score (nSPS) is 12.1. The summed E-state index contributed by atoms with van der Waals surface area (Å²) < 4.78 is 0. The Labute approximate surface area is 89.5 Å². The van der Waals surface area contributed by atoms with Crippen LogP contribution in [0.4, 0.5) is 0 Å². The lowest BCUT2D eigenvalue weighted by atomic mass is 10.1. The predicted octanol–water partition coefficient (Wildman–Crippen LogP) is 0.376. The molecule has 1 unspecified atom stereocenters. The molecule has 0 fully saturated rings. The molecule has 0 aliphatic heterocycles. The molecule has 3 N–H and O–H groups in total. The van der Waals surface area contributed by atoms with Crippen molar-refractivity contribution >= 4 is 11.9 Å². The lowest BCUT2D eigenvalue weighted by Crippen LogP contribution is -2.34. The highest BCUT2D eigenvalue weighted by atomic mass is 16.4. The number of aliphatic hydroxyl groups excluding tert-OH is 1. The molecule has 0 spiro atoms. The van der Waals surface area contributed by atoms with Crippen LogP contribution in [0.3, 0.4) is 0 Å². The Morgan fingerprint density at radius 3 is 2.33 bits per heavy atom. The number of carbonyl (C=O) groups excluding carboxylic acids is 1. The van der Waals surface area contributed by atoms with Gasteiger partial charge in [-0.1, -0.05) is 12.8 Å². The summed E-state index contributed by atoms with van der Waals surface area (Å²) in [5.41, 5.74) is 0. The largest absolute Gasteiger partial charge is 0.481 e. The molecular formula is C10H19NO4. The molecule has 5 nitrogen and oxygen atoms in total. The Morgan fingerprint density at radius 1 is 1.20 bits per heavy atom. The number of aliphatic carboxylic acids is 1. The lowest BCUT2D eigenvalue weighted by molar-refractivity contribution is -0.146. The molecule has 15 heavy (non-hydrogen) atoms. The van der Waals surface area contributed by atoms with Gasteiger partial charge in [0.25, 0.3) is 0 Å². The van der Waals surface area contributed by atoms with Gasteiger partial charge in [0.1, 0.15) is 5.92 Å². The van der Waals surface area contributed by atoms with Gasteiger partial charge >= 0.3 is 5.97 Å². The van der Waals surface area contributed by atoms with Crippen LogP contribution in [0, 0.1) is 5.92 Å². The van der Waals surface area contributed by atoms with E-state index in [1.165, 1.54) is 6.92 Å². The van der Waals surface area contributed by atoms with E-state index in [-0.39, 0.29) is 6.61 Å². The average Bonchev–Trinajstić information content (AvgIpc) is 2.21. The molecule has 0 bridgehead atoms. The van der Waals surface area contributed by atoms with Gasteiger partial charge in [0.15, 0.2) is 0 Å². The smallest absolute Gasteiger partial charge is 0.315 e. The zero-order chi connectivity index (χ0) is 11.7. The number of aliphatic hydroxyl groups is 1. The van der Waals surface area contributed by atoms with E-state index in [4.69, 9.17) is 10.2 Å². The molecule has 0 aromatic rings. The number of hydrogen-bond acceptors (Lipinski definition) is 3. The highest BCUT2D eigenvalue weighted by Crippen LogP contribution is 1.99. The Morgan fingerprint density at radius 2 is 1.80 bits per heavy atom. The second kappa shape index (κ2) is 8.23. The molecule has 5 heteroatoms. The molecule has 0 aliphatic rings. The molecule has 1 atom stereocenters. The van der Waals surface area contributed by atoms with Gasteiger partial charge in [-0.15, -0.1) is 0 Å². The van der Waals surface area contributed by atoms with E-state index >= 15 is 0 Å². The van der Waals surface area contributed by atoms with Crippen LogP contribution in [0.1, 0.15) is 32.6 Å². The maximum absolute atomic E-state index is 11.1. The maximum Gasteiger partial charge on any atom is 0.315 e. The minimum Gasteiger partial charge on any atom is -0.481 e. The van der Waals surface area contributed by atoms with Crippen LogP contribution in [-0.4, -0.2) is 35.2 Å². The summed E-state index contributed by atoms with van der Waals surface area (Å²) in [5.74, 6) is -2.53. The first kappa shape index (κ1) is 13.9. The van der Waals surface area contributed by atoms with Crippen molar-refractivity contribution in [2.24, 2.45) is 5.92 Å². The van der Waals surface area contributed by atoms with E-state index in [1.807, 2.05) is 0 Å². The van der Waals surface area contributed by atoms with Gasteiger partial charge in [0.2, 0.25) is 5.91 Å². The van der Waals surface area contributed by atoms with Gasteiger partial charge in [-0.05, 0) is 19.8 Å². The van der Waals surface area contributed by atoms with Gasteiger partial charge in [-0.25, -0.2) is 0 Å². The van der Waals surface area contributed by atoms with Crippen molar-refractivity contribution in [2.45, 2.75) is 32.6 Å². The summed E-state index contributed by atoms with van der Waals surface area (Å²) >= 11 is 0. The molecule has 0 heterocycles. The zero-order valence-corrected chi connectivity index (χ0v) is 9.03. The Balaban J connectivity index is 3.43. The van der Waals surface area contributed by atoms with Crippen molar-refractivity contribution in [1.29, 1.82) is 0 Å². The number of unbranched alkanes of at least 4 members (excludes halogenated alkanes) is 3. The van der Waals surface area contributed by atoms with Gasteiger partial charge < -0.3 is 15.5 Å². The first-order valence-electron chi connectivity index (χ1n) is 5.21. The molecule has 0 saturated heterocycles. The molecular weight excluding hydrogens is 198 g/mol. The van der Waals surface area contributed by atoms with E-state index < -0.39 is 17.8 Å². The fourth-order valence-electron chi connectivity index (χ4n) is 1.07. The quantitative estimate of drug-likeness (QED) is 0.405. The standard InChI is InChI=1S/C10H19NO4/c1-8(10(14)15)9(13)11-6-4-2-3-5-7-12/h8,12H,2-7H2,1H3,(H,11,13)(H,14,15). The van der Waals surface area contributed by atoms with Crippen molar-refractivity contribution < 1.29 is 19.8 Å². The number of carboxylic acids is 1. The van der Waals surface area contributed by atoms with Crippen LogP contribution in [0.15, 0.2) is 0 Å². The fourth-order valence-corrected chi connectivity index (χ4v) is 1.07. The van der Waals surface area contributed by atoms with Crippen molar-refractivity contribution in [3.63, 3.8) is 0 Å². The second-order valence-corrected chi connectivity index (χ2v) is 3.49. The minimum absolute atomic E-state index is 0.197. The maximum atomic E-state index is 11.1.